The fraction of sp³-hybridized carbons (Fsp3) is 0.667. The summed E-state index contributed by atoms with van der Waals surface area (Å²) >= 11 is 4.63. The molecule has 1 nitrogen and oxygen atoms in total. The van der Waals surface area contributed by atoms with Crippen molar-refractivity contribution in [1.82, 2.24) is 0 Å². The molecule has 0 radical (unpaired) electrons. The van der Waals surface area contributed by atoms with E-state index in [0.717, 1.165) is 14.1 Å². The van der Waals surface area contributed by atoms with E-state index in [9.17, 15) is 4.79 Å². The van der Waals surface area contributed by atoms with Crippen LogP contribution in [0.5, 0.6) is 0 Å². The summed E-state index contributed by atoms with van der Waals surface area (Å²) in [6.07, 6.45) is 0.971. The zero-order chi connectivity index (χ0) is 4.83. The third-order valence-electron chi connectivity index (χ3n) is 0.456. The van der Waals surface area contributed by atoms with E-state index in [1.165, 1.54) is 0 Å². The van der Waals surface area contributed by atoms with Crippen molar-refractivity contribution in [3.05, 3.63) is 0 Å². The van der Waals surface area contributed by atoms with E-state index in [4.69, 9.17) is 11.6 Å². The summed E-state index contributed by atoms with van der Waals surface area (Å²) in [6.45, 7) is 0. The van der Waals surface area contributed by atoms with Gasteiger partial charge in [-0.05, 0) is 0 Å². The Balaban J connectivity index is 2.49. The summed E-state index contributed by atoms with van der Waals surface area (Å²) in [5, 5.41) is 0. The van der Waals surface area contributed by atoms with Gasteiger partial charge in [-0.25, -0.2) is 0 Å². The first-order valence-corrected chi connectivity index (χ1v) is 8.15. The summed E-state index contributed by atoms with van der Waals surface area (Å²) in [6, 6.07) is 0. The van der Waals surface area contributed by atoms with Crippen LogP contribution in [0, 0.1) is 0 Å². The Hall–Kier alpha value is 0.830. The predicted molar refractivity (Wildman–Crippen MR) is 28.7 cm³/mol. The predicted octanol–water partition coefficient (Wildman–Crippen LogP) is 0.236. The number of carbonyl (C=O) groups excluding carboxylic acids is 1. The molecule has 0 rings (SSSR count). The van der Waals surface area contributed by atoms with Gasteiger partial charge in [-0.3, -0.25) is 0 Å². The molecule has 0 aliphatic rings. The molecule has 0 N–H and O–H groups in total. The molecule has 0 bridgehead atoms. The molecule has 0 aliphatic heterocycles. The van der Waals surface area contributed by atoms with Crippen LogP contribution in [0.3, 0.4) is 0 Å². The van der Waals surface area contributed by atoms with Gasteiger partial charge in [0.2, 0.25) is 0 Å². The van der Waals surface area contributed by atoms with Crippen molar-refractivity contribution >= 4 is 40.8 Å². The Morgan fingerprint density at radius 1 is 1.83 bits per heavy atom. The standard InChI is InChI=1S/C2H3O.CH2Cl.In.H/c1-2-3;1-2;;/h2H,1H2;1H2;;. The second-order valence-corrected chi connectivity index (χ2v) is 8.28. The maximum atomic E-state index is 9.56. The molecule has 0 fully saturated rings. The van der Waals surface area contributed by atoms with Gasteiger partial charge in [0.15, 0.2) is 0 Å². The molecule has 0 aromatic carbocycles. The molecule has 0 saturated carbocycles. The van der Waals surface area contributed by atoms with E-state index in [0.29, 0.717) is 0 Å². The van der Waals surface area contributed by atoms with Gasteiger partial charge in [-0.1, -0.05) is 0 Å². The summed E-state index contributed by atoms with van der Waals surface area (Å²) in [5.41, 5.74) is 0. The van der Waals surface area contributed by atoms with Crippen molar-refractivity contribution in [2.24, 2.45) is 0 Å². The van der Waals surface area contributed by atoms with Crippen LogP contribution in [0.25, 0.3) is 0 Å². The Morgan fingerprint density at radius 3 is 2.67 bits per heavy atom. The molecule has 6 heavy (non-hydrogen) atoms. The second-order valence-electron chi connectivity index (χ2n) is 0.998. The number of halogens is 1. The summed E-state index contributed by atoms with van der Waals surface area (Å²) < 4.78 is 1.62. The van der Waals surface area contributed by atoms with Crippen molar-refractivity contribution in [2.45, 2.75) is 4.18 Å². The zero-order valence-electron chi connectivity index (χ0n) is 3.48. The van der Waals surface area contributed by atoms with Gasteiger partial charge in [0.05, 0.1) is 0 Å². The van der Waals surface area contributed by atoms with Crippen molar-refractivity contribution in [1.29, 1.82) is 0 Å². The third-order valence-corrected chi connectivity index (χ3v) is 4.85. The third kappa shape index (κ3) is 4.83. The van der Waals surface area contributed by atoms with Crippen LogP contribution in [0.2, 0.25) is 4.18 Å². The number of rotatable bonds is 3. The first-order chi connectivity index (χ1) is 2.91. The van der Waals surface area contributed by atoms with Crippen molar-refractivity contribution in [3.63, 3.8) is 0 Å². The topological polar surface area (TPSA) is 17.1 Å². The molecule has 0 aliphatic carbocycles. The average molecular weight is 208 g/mol. The molecule has 0 atom stereocenters. The monoisotopic (exact) mass is 208 g/mol. The van der Waals surface area contributed by atoms with E-state index in [1.54, 1.807) is 0 Å². The van der Waals surface area contributed by atoms with Gasteiger partial charge in [0.25, 0.3) is 0 Å². The summed E-state index contributed by atoms with van der Waals surface area (Å²) in [7, 11) is 0. The molecule has 0 amide bonds. The SMILES string of the molecule is O=C[CH2][InH][CH2]Cl. The van der Waals surface area contributed by atoms with E-state index in [-0.39, 0.29) is 0 Å². The van der Waals surface area contributed by atoms with E-state index in [2.05, 4.69) is 0 Å². The molecule has 0 saturated heterocycles. The van der Waals surface area contributed by atoms with E-state index < -0.39 is 22.9 Å². The van der Waals surface area contributed by atoms with E-state index >= 15 is 0 Å². The van der Waals surface area contributed by atoms with Crippen molar-refractivity contribution < 1.29 is 4.79 Å². The van der Waals surface area contributed by atoms with Crippen LogP contribution < -0.4 is 0 Å². The van der Waals surface area contributed by atoms with E-state index in [1.807, 2.05) is 0 Å². The minimum atomic E-state index is -0.689. The fourth-order valence-electron chi connectivity index (χ4n) is 0.160. The summed E-state index contributed by atoms with van der Waals surface area (Å²) in [4.78, 5) is 9.56. The van der Waals surface area contributed by atoms with Gasteiger partial charge < -0.3 is 0 Å². The van der Waals surface area contributed by atoms with Gasteiger partial charge in [0, 0.05) is 0 Å². The van der Waals surface area contributed by atoms with Crippen LogP contribution in [0.1, 0.15) is 0 Å². The molecule has 0 spiro atoms. The molecule has 0 aromatic heterocycles. The van der Waals surface area contributed by atoms with Crippen molar-refractivity contribution in [3.8, 4) is 0 Å². The second kappa shape index (κ2) is 5.83. The number of alkyl halides is 1. The molecule has 0 heterocycles. The average Bonchev–Trinajstić information content (AvgIpc) is 1.61. The molecule has 0 unspecified atom stereocenters. The molecule has 0 aromatic rings. The van der Waals surface area contributed by atoms with Gasteiger partial charge in [-0.2, -0.15) is 0 Å². The Bertz CT molecular complexity index is 39.8. The number of hydrogen-bond acceptors (Lipinski definition) is 1. The molecular weight excluding hydrogens is 202 g/mol. The Kier molecular flexibility index (Phi) is 6.64. The number of aldehydes is 1. The Morgan fingerprint density at radius 2 is 2.50 bits per heavy atom. The number of hydrogen-bond donors (Lipinski definition) is 0. The van der Waals surface area contributed by atoms with Crippen LogP contribution in [-0.2, 0) is 4.79 Å². The first kappa shape index (κ1) is 6.83. The molecule has 3 heteroatoms. The fourth-order valence-corrected chi connectivity index (χ4v) is 2.11. The summed E-state index contributed by atoms with van der Waals surface area (Å²) in [5.74, 6) is 0. The van der Waals surface area contributed by atoms with Gasteiger partial charge >= 0.3 is 53.4 Å². The zero-order valence-corrected chi connectivity index (χ0v) is 8.28. The quantitative estimate of drug-likeness (QED) is 0.369. The minimum absolute atomic E-state index is 0.689. The van der Waals surface area contributed by atoms with Crippen LogP contribution in [0.4, 0.5) is 0 Å². The Labute approximate surface area is 53.4 Å². The van der Waals surface area contributed by atoms with Crippen molar-refractivity contribution in [2.75, 3.05) is 3.64 Å². The van der Waals surface area contributed by atoms with Gasteiger partial charge in [-0.15, -0.1) is 0 Å². The number of carbonyl (C=O) groups is 1. The van der Waals surface area contributed by atoms with Gasteiger partial charge in [0.1, 0.15) is 0 Å². The first-order valence-electron chi connectivity index (χ1n) is 1.91. The maximum absolute atomic E-state index is 9.56. The van der Waals surface area contributed by atoms with Crippen LogP contribution >= 0.6 is 11.6 Å². The molecule has 34 valence electrons. The normalized spacial score (nSPS) is 7.50. The van der Waals surface area contributed by atoms with Crippen LogP contribution in [0.15, 0.2) is 0 Å². The molecular formula is C3H6ClInO. The van der Waals surface area contributed by atoms with Crippen LogP contribution in [-0.4, -0.2) is 32.8 Å².